The Labute approximate surface area is 116 Å². The van der Waals surface area contributed by atoms with Crippen molar-refractivity contribution in [2.75, 3.05) is 5.75 Å². The molecule has 0 amide bonds. The van der Waals surface area contributed by atoms with E-state index in [1.807, 2.05) is 18.2 Å². The van der Waals surface area contributed by atoms with E-state index < -0.39 is 0 Å². The summed E-state index contributed by atoms with van der Waals surface area (Å²) in [5.41, 5.74) is 1.06. The molecule has 1 N–H and O–H groups in total. The van der Waals surface area contributed by atoms with Gasteiger partial charge in [0.25, 0.3) is 0 Å². The summed E-state index contributed by atoms with van der Waals surface area (Å²) in [7, 11) is 0. The van der Waals surface area contributed by atoms with Crippen LogP contribution in [0.1, 0.15) is 36.8 Å². The van der Waals surface area contributed by atoms with Gasteiger partial charge in [-0.05, 0) is 55.0 Å². The van der Waals surface area contributed by atoms with Gasteiger partial charge in [0.05, 0.1) is 12.3 Å². The Morgan fingerprint density at radius 2 is 2.32 bits per heavy atom. The first-order chi connectivity index (χ1) is 9.24. The van der Waals surface area contributed by atoms with Crippen molar-refractivity contribution in [3.63, 3.8) is 0 Å². The molecule has 1 aromatic heterocycles. The van der Waals surface area contributed by atoms with Crippen LogP contribution in [0.5, 0.6) is 0 Å². The largest absolute Gasteiger partial charge is 0.468 e. The zero-order valence-corrected chi connectivity index (χ0v) is 11.5. The summed E-state index contributed by atoms with van der Waals surface area (Å²) in [6.07, 6.45) is 2.68. The third-order valence-corrected chi connectivity index (χ3v) is 4.56. The standard InChI is InChI=1S/C15H16FNOS/c1-10(14-3-2-7-18-14)17-13-6-8-19-15-5-4-11(16)9-12(13)15/h2-5,7,9-10,13,17H,6,8H2,1H3. The van der Waals surface area contributed by atoms with Gasteiger partial charge in [-0.15, -0.1) is 11.8 Å². The fraction of sp³-hybridized carbons (Fsp3) is 0.333. The van der Waals surface area contributed by atoms with Crippen LogP contribution >= 0.6 is 11.8 Å². The van der Waals surface area contributed by atoms with Gasteiger partial charge in [-0.1, -0.05) is 0 Å². The summed E-state index contributed by atoms with van der Waals surface area (Å²) in [6, 6.07) is 9.21. The SMILES string of the molecule is CC(NC1CCSc2ccc(F)cc21)c1ccco1. The van der Waals surface area contributed by atoms with E-state index in [2.05, 4.69) is 12.2 Å². The fourth-order valence-corrected chi connectivity index (χ4v) is 3.57. The molecule has 19 heavy (non-hydrogen) atoms. The highest BCUT2D eigenvalue weighted by Crippen LogP contribution is 2.37. The lowest BCUT2D eigenvalue weighted by atomic mass is 10.0. The molecule has 3 rings (SSSR count). The van der Waals surface area contributed by atoms with Crippen LogP contribution in [-0.2, 0) is 0 Å². The molecule has 0 saturated carbocycles. The Morgan fingerprint density at radius 3 is 3.11 bits per heavy atom. The van der Waals surface area contributed by atoms with Gasteiger partial charge in [0.15, 0.2) is 0 Å². The Morgan fingerprint density at radius 1 is 1.42 bits per heavy atom. The van der Waals surface area contributed by atoms with Gasteiger partial charge < -0.3 is 9.73 Å². The minimum atomic E-state index is -0.168. The average molecular weight is 277 g/mol. The molecule has 2 unspecified atom stereocenters. The van der Waals surface area contributed by atoms with Gasteiger partial charge in [0.2, 0.25) is 0 Å². The van der Waals surface area contributed by atoms with E-state index >= 15 is 0 Å². The Bertz CT molecular complexity index is 555. The summed E-state index contributed by atoms with van der Waals surface area (Å²) in [5, 5.41) is 3.53. The first kappa shape index (κ1) is 12.8. The van der Waals surface area contributed by atoms with E-state index in [0.29, 0.717) is 0 Å². The maximum absolute atomic E-state index is 13.4. The third-order valence-electron chi connectivity index (χ3n) is 3.43. The Kier molecular flexibility index (Phi) is 3.62. The van der Waals surface area contributed by atoms with E-state index in [9.17, 15) is 4.39 Å². The summed E-state index contributed by atoms with van der Waals surface area (Å²) in [5.74, 6) is 1.80. The predicted octanol–water partition coefficient (Wildman–Crippen LogP) is 4.31. The van der Waals surface area contributed by atoms with Crippen LogP contribution in [0.3, 0.4) is 0 Å². The van der Waals surface area contributed by atoms with E-state index in [1.165, 1.54) is 11.0 Å². The molecule has 1 aromatic carbocycles. The van der Waals surface area contributed by atoms with Crippen molar-refractivity contribution in [3.05, 3.63) is 53.7 Å². The quantitative estimate of drug-likeness (QED) is 0.905. The zero-order chi connectivity index (χ0) is 13.2. The lowest BCUT2D eigenvalue weighted by molar-refractivity contribution is 0.383. The van der Waals surface area contributed by atoms with Gasteiger partial charge in [0, 0.05) is 10.9 Å². The predicted molar refractivity (Wildman–Crippen MR) is 74.7 cm³/mol. The van der Waals surface area contributed by atoms with Crippen molar-refractivity contribution in [2.24, 2.45) is 0 Å². The van der Waals surface area contributed by atoms with Crippen LogP contribution in [0, 0.1) is 5.82 Å². The normalized spacial score (nSPS) is 20.0. The lowest BCUT2D eigenvalue weighted by Gasteiger charge is -2.28. The molecule has 1 aliphatic rings. The van der Waals surface area contributed by atoms with Crippen molar-refractivity contribution < 1.29 is 8.81 Å². The number of thioether (sulfide) groups is 1. The van der Waals surface area contributed by atoms with Gasteiger partial charge >= 0.3 is 0 Å². The monoisotopic (exact) mass is 277 g/mol. The lowest BCUT2D eigenvalue weighted by Crippen LogP contribution is -2.27. The molecule has 2 aromatic rings. The number of benzene rings is 1. The highest BCUT2D eigenvalue weighted by Gasteiger charge is 2.23. The Balaban J connectivity index is 1.81. The molecule has 0 saturated heterocycles. The molecule has 0 radical (unpaired) electrons. The Hall–Kier alpha value is -1.26. The van der Waals surface area contributed by atoms with Gasteiger partial charge in [0.1, 0.15) is 11.6 Å². The number of rotatable bonds is 3. The maximum Gasteiger partial charge on any atom is 0.123 e. The van der Waals surface area contributed by atoms with Gasteiger partial charge in [-0.25, -0.2) is 4.39 Å². The van der Waals surface area contributed by atoms with E-state index in [-0.39, 0.29) is 17.9 Å². The van der Waals surface area contributed by atoms with Crippen molar-refractivity contribution in [2.45, 2.75) is 30.3 Å². The van der Waals surface area contributed by atoms with Gasteiger partial charge in [-0.2, -0.15) is 0 Å². The number of nitrogens with one attached hydrogen (secondary N) is 1. The summed E-state index contributed by atoms with van der Waals surface area (Å²) in [6.45, 7) is 2.07. The molecule has 2 atom stereocenters. The molecule has 100 valence electrons. The number of halogens is 1. The third kappa shape index (κ3) is 2.69. The van der Waals surface area contributed by atoms with Crippen LogP contribution in [0.15, 0.2) is 45.9 Å². The molecule has 1 aliphatic heterocycles. The molecule has 0 spiro atoms. The molecule has 4 heteroatoms. The van der Waals surface area contributed by atoms with Crippen molar-refractivity contribution in [1.82, 2.24) is 5.32 Å². The average Bonchev–Trinajstić information content (AvgIpc) is 2.93. The highest BCUT2D eigenvalue weighted by molar-refractivity contribution is 7.99. The second kappa shape index (κ2) is 5.39. The molecular formula is C15H16FNOS. The molecule has 0 aliphatic carbocycles. The smallest absolute Gasteiger partial charge is 0.123 e. The summed E-state index contributed by atoms with van der Waals surface area (Å²) in [4.78, 5) is 1.18. The second-order valence-electron chi connectivity index (χ2n) is 4.78. The number of hydrogen-bond donors (Lipinski definition) is 1. The van der Waals surface area contributed by atoms with Crippen LogP contribution in [0.4, 0.5) is 4.39 Å². The molecule has 0 bridgehead atoms. The maximum atomic E-state index is 13.4. The van der Waals surface area contributed by atoms with Crippen molar-refractivity contribution in [1.29, 1.82) is 0 Å². The van der Waals surface area contributed by atoms with Crippen molar-refractivity contribution in [3.8, 4) is 0 Å². The first-order valence-corrected chi connectivity index (χ1v) is 7.44. The minimum Gasteiger partial charge on any atom is -0.468 e. The zero-order valence-electron chi connectivity index (χ0n) is 10.7. The fourth-order valence-electron chi connectivity index (χ4n) is 2.46. The summed E-state index contributed by atoms with van der Waals surface area (Å²) < 4.78 is 18.8. The molecular weight excluding hydrogens is 261 g/mol. The van der Waals surface area contributed by atoms with Crippen LogP contribution in [-0.4, -0.2) is 5.75 Å². The topological polar surface area (TPSA) is 25.2 Å². The van der Waals surface area contributed by atoms with Crippen LogP contribution in [0.2, 0.25) is 0 Å². The number of hydrogen-bond acceptors (Lipinski definition) is 3. The molecule has 2 heterocycles. The van der Waals surface area contributed by atoms with Crippen molar-refractivity contribution >= 4 is 11.8 Å². The molecule has 0 fully saturated rings. The van der Waals surface area contributed by atoms with Crippen LogP contribution < -0.4 is 5.32 Å². The summed E-state index contributed by atoms with van der Waals surface area (Å²) >= 11 is 1.80. The van der Waals surface area contributed by atoms with Gasteiger partial charge in [-0.3, -0.25) is 0 Å². The molecule has 2 nitrogen and oxygen atoms in total. The first-order valence-electron chi connectivity index (χ1n) is 6.46. The number of furan rings is 1. The highest BCUT2D eigenvalue weighted by atomic mass is 32.2. The van der Waals surface area contributed by atoms with E-state index in [4.69, 9.17) is 4.42 Å². The second-order valence-corrected chi connectivity index (χ2v) is 5.91. The minimum absolute atomic E-state index is 0.124. The van der Waals surface area contributed by atoms with E-state index in [0.717, 1.165) is 23.5 Å². The number of fused-ring (bicyclic) bond motifs is 1. The van der Waals surface area contributed by atoms with Crippen LogP contribution in [0.25, 0.3) is 0 Å². The van der Waals surface area contributed by atoms with E-state index in [1.54, 1.807) is 24.1 Å².